The van der Waals surface area contributed by atoms with E-state index in [-0.39, 0.29) is 0 Å². The molecule has 0 bridgehead atoms. The summed E-state index contributed by atoms with van der Waals surface area (Å²) in [6.07, 6.45) is 0.552. The largest absolute Gasteiger partial charge is 0.411 e. The summed E-state index contributed by atoms with van der Waals surface area (Å²) < 4.78 is 0. The van der Waals surface area contributed by atoms with Crippen LogP contribution in [0.25, 0.3) is 0 Å². The molecule has 0 amide bonds. The first-order chi connectivity index (χ1) is 6.11. The van der Waals surface area contributed by atoms with E-state index in [0.29, 0.717) is 22.2 Å². The molecule has 0 atom stereocenters. The summed E-state index contributed by atoms with van der Waals surface area (Å²) in [6, 6.07) is 5.25. The molecule has 0 aromatic heterocycles. The molecule has 1 N–H and O–H groups in total. The van der Waals surface area contributed by atoms with Gasteiger partial charge in [0.25, 0.3) is 0 Å². The minimum absolute atomic E-state index is 0.552. The molecular weight excluding hydrogens is 209 g/mol. The van der Waals surface area contributed by atoms with Gasteiger partial charge in [-0.1, -0.05) is 28.4 Å². The van der Waals surface area contributed by atoms with E-state index in [4.69, 9.17) is 28.4 Å². The van der Waals surface area contributed by atoms with Gasteiger partial charge in [0.15, 0.2) is 0 Å². The molecule has 0 unspecified atom stereocenters. The Morgan fingerprint density at radius 1 is 1.31 bits per heavy atom. The normalized spacial score (nSPS) is 11.8. The van der Waals surface area contributed by atoms with Gasteiger partial charge < -0.3 is 5.21 Å². The van der Waals surface area contributed by atoms with Gasteiger partial charge in [-0.2, -0.15) is 0 Å². The van der Waals surface area contributed by atoms with Gasteiger partial charge in [0.1, 0.15) is 0 Å². The second-order valence-electron chi connectivity index (χ2n) is 2.79. The van der Waals surface area contributed by atoms with Crippen LogP contribution in [0.4, 0.5) is 0 Å². The Balaban J connectivity index is 2.89. The monoisotopic (exact) mass is 217 g/mol. The topological polar surface area (TPSA) is 32.6 Å². The molecule has 4 heteroatoms. The highest BCUT2D eigenvalue weighted by molar-refractivity contribution is 6.34. The molecule has 0 fully saturated rings. The first-order valence-electron chi connectivity index (χ1n) is 3.74. The molecule has 0 aliphatic heterocycles. The Morgan fingerprint density at radius 3 is 2.31 bits per heavy atom. The highest BCUT2D eigenvalue weighted by Crippen LogP contribution is 2.19. The SMILES string of the molecule is C/C(Cc1cc(Cl)cc(Cl)c1)=N\O. The fourth-order valence-electron chi connectivity index (χ4n) is 1.04. The molecule has 2 nitrogen and oxygen atoms in total. The van der Waals surface area contributed by atoms with Crippen molar-refractivity contribution in [1.82, 2.24) is 0 Å². The first kappa shape index (κ1) is 10.4. The van der Waals surface area contributed by atoms with Crippen molar-refractivity contribution in [3.8, 4) is 0 Å². The van der Waals surface area contributed by atoms with Crippen LogP contribution in [0.2, 0.25) is 10.0 Å². The summed E-state index contributed by atoms with van der Waals surface area (Å²) in [5.41, 5.74) is 1.56. The molecule has 0 radical (unpaired) electrons. The van der Waals surface area contributed by atoms with Crippen molar-refractivity contribution >= 4 is 28.9 Å². The molecule has 0 aliphatic carbocycles. The Kier molecular flexibility index (Phi) is 3.58. The molecule has 0 saturated carbocycles. The van der Waals surface area contributed by atoms with Crippen molar-refractivity contribution in [2.45, 2.75) is 13.3 Å². The number of hydrogen-bond acceptors (Lipinski definition) is 2. The lowest BCUT2D eigenvalue weighted by Gasteiger charge is -2.01. The molecule has 0 saturated heterocycles. The molecule has 1 rings (SSSR count). The van der Waals surface area contributed by atoms with Gasteiger partial charge in [0, 0.05) is 16.5 Å². The Morgan fingerprint density at radius 2 is 1.85 bits per heavy atom. The molecular formula is C9H9Cl2NO. The van der Waals surface area contributed by atoms with Gasteiger partial charge >= 0.3 is 0 Å². The maximum Gasteiger partial charge on any atom is 0.0583 e. The van der Waals surface area contributed by atoms with Crippen LogP contribution in [0.3, 0.4) is 0 Å². The number of benzene rings is 1. The fourth-order valence-corrected chi connectivity index (χ4v) is 1.62. The summed E-state index contributed by atoms with van der Waals surface area (Å²) in [7, 11) is 0. The van der Waals surface area contributed by atoms with Crippen molar-refractivity contribution in [3.05, 3.63) is 33.8 Å². The van der Waals surface area contributed by atoms with E-state index in [1.54, 1.807) is 25.1 Å². The predicted molar refractivity (Wildman–Crippen MR) is 55.1 cm³/mol. The van der Waals surface area contributed by atoms with Gasteiger partial charge in [0.2, 0.25) is 0 Å². The summed E-state index contributed by atoms with van der Waals surface area (Å²) in [5, 5.41) is 12.7. The molecule has 13 heavy (non-hydrogen) atoms. The quantitative estimate of drug-likeness (QED) is 0.460. The maximum absolute atomic E-state index is 8.46. The minimum atomic E-state index is 0.552. The third kappa shape index (κ3) is 3.25. The zero-order chi connectivity index (χ0) is 9.84. The number of rotatable bonds is 2. The van der Waals surface area contributed by atoms with Crippen molar-refractivity contribution < 1.29 is 5.21 Å². The zero-order valence-electron chi connectivity index (χ0n) is 7.09. The second-order valence-corrected chi connectivity index (χ2v) is 3.66. The van der Waals surface area contributed by atoms with Crippen LogP contribution in [-0.4, -0.2) is 10.9 Å². The molecule has 0 aliphatic rings. The minimum Gasteiger partial charge on any atom is -0.411 e. The van der Waals surface area contributed by atoms with Crippen molar-refractivity contribution in [2.75, 3.05) is 0 Å². The highest BCUT2D eigenvalue weighted by Gasteiger charge is 2.00. The number of nitrogens with zero attached hydrogens (tertiary/aromatic N) is 1. The maximum atomic E-state index is 8.46. The summed E-state index contributed by atoms with van der Waals surface area (Å²) in [4.78, 5) is 0. The molecule has 0 heterocycles. The molecule has 1 aromatic rings. The van der Waals surface area contributed by atoms with Crippen LogP contribution < -0.4 is 0 Å². The van der Waals surface area contributed by atoms with E-state index in [2.05, 4.69) is 5.16 Å². The van der Waals surface area contributed by atoms with Crippen LogP contribution in [0, 0.1) is 0 Å². The van der Waals surface area contributed by atoms with E-state index >= 15 is 0 Å². The highest BCUT2D eigenvalue weighted by atomic mass is 35.5. The van der Waals surface area contributed by atoms with Gasteiger partial charge in [-0.25, -0.2) is 0 Å². The lowest BCUT2D eigenvalue weighted by atomic mass is 10.1. The standard InChI is InChI=1S/C9H9Cl2NO/c1-6(12-13)2-7-3-8(10)5-9(11)4-7/h3-5,13H,2H2,1H3/b12-6+. The predicted octanol–water partition coefficient (Wildman–Crippen LogP) is 3.39. The van der Waals surface area contributed by atoms with Crippen LogP contribution in [-0.2, 0) is 6.42 Å². The number of oxime groups is 1. The Labute approximate surface area is 86.8 Å². The lowest BCUT2D eigenvalue weighted by Crippen LogP contribution is -1.97. The molecule has 1 aromatic carbocycles. The van der Waals surface area contributed by atoms with E-state index in [1.165, 1.54) is 0 Å². The Hall–Kier alpha value is -0.730. The lowest BCUT2D eigenvalue weighted by molar-refractivity contribution is 0.317. The van der Waals surface area contributed by atoms with Crippen molar-refractivity contribution in [3.63, 3.8) is 0 Å². The average molecular weight is 218 g/mol. The van der Waals surface area contributed by atoms with E-state index in [9.17, 15) is 0 Å². The van der Waals surface area contributed by atoms with Crippen molar-refractivity contribution in [2.24, 2.45) is 5.16 Å². The number of hydrogen-bond donors (Lipinski definition) is 1. The number of halogens is 2. The van der Waals surface area contributed by atoms with E-state index in [0.717, 1.165) is 5.56 Å². The van der Waals surface area contributed by atoms with Crippen LogP contribution in [0.1, 0.15) is 12.5 Å². The third-order valence-corrected chi connectivity index (χ3v) is 1.99. The Bertz CT molecular complexity index is 316. The van der Waals surface area contributed by atoms with Crippen LogP contribution >= 0.6 is 23.2 Å². The summed E-state index contributed by atoms with van der Waals surface area (Å²) >= 11 is 11.6. The average Bonchev–Trinajstić information content (AvgIpc) is 2.02. The summed E-state index contributed by atoms with van der Waals surface area (Å²) in [6.45, 7) is 1.73. The molecule has 70 valence electrons. The van der Waals surface area contributed by atoms with E-state index < -0.39 is 0 Å². The molecule has 0 spiro atoms. The zero-order valence-corrected chi connectivity index (χ0v) is 8.60. The third-order valence-electron chi connectivity index (χ3n) is 1.55. The van der Waals surface area contributed by atoms with Crippen molar-refractivity contribution in [1.29, 1.82) is 0 Å². The van der Waals surface area contributed by atoms with Gasteiger partial charge in [0.05, 0.1) is 5.71 Å². The smallest absolute Gasteiger partial charge is 0.0583 e. The fraction of sp³-hybridized carbons (Fsp3) is 0.222. The van der Waals surface area contributed by atoms with Crippen LogP contribution in [0.15, 0.2) is 23.4 Å². The summed E-state index contributed by atoms with van der Waals surface area (Å²) in [5.74, 6) is 0. The first-order valence-corrected chi connectivity index (χ1v) is 4.50. The van der Waals surface area contributed by atoms with Crippen LogP contribution in [0.5, 0.6) is 0 Å². The second kappa shape index (κ2) is 4.49. The van der Waals surface area contributed by atoms with E-state index in [1.807, 2.05) is 0 Å². The van der Waals surface area contributed by atoms with Gasteiger partial charge in [-0.15, -0.1) is 0 Å². The van der Waals surface area contributed by atoms with Gasteiger partial charge in [-0.3, -0.25) is 0 Å². The van der Waals surface area contributed by atoms with Gasteiger partial charge in [-0.05, 0) is 30.7 Å².